The Morgan fingerprint density at radius 3 is 2.61 bits per heavy atom. The molecule has 3 amide bonds. The molecule has 1 aromatic rings. The summed E-state index contributed by atoms with van der Waals surface area (Å²) in [4.78, 5) is 38.0. The van der Waals surface area contributed by atoms with Crippen molar-refractivity contribution in [3.05, 3.63) is 29.8 Å². The van der Waals surface area contributed by atoms with Crippen molar-refractivity contribution in [2.24, 2.45) is 11.7 Å². The quantitative estimate of drug-likeness (QED) is 0.338. The van der Waals surface area contributed by atoms with E-state index in [2.05, 4.69) is 10.6 Å². The highest BCUT2D eigenvalue weighted by Gasteiger charge is 2.55. The number of benzene rings is 1. The van der Waals surface area contributed by atoms with Crippen molar-refractivity contribution in [2.45, 2.75) is 42.4 Å². The average molecular weight is 472 g/mol. The maximum absolute atomic E-state index is 14.1. The van der Waals surface area contributed by atoms with E-state index in [-0.39, 0.29) is 37.0 Å². The first-order chi connectivity index (χ1) is 14.5. The zero-order valence-electron chi connectivity index (χ0n) is 16.8. The number of rotatable bonds is 8. The molecule has 0 aromatic heterocycles. The lowest BCUT2D eigenvalue weighted by Crippen LogP contribution is -2.50. The number of nitrogens with two attached hydrogens (primary N) is 1. The Morgan fingerprint density at radius 2 is 2.00 bits per heavy atom. The van der Waals surface area contributed by atoms with E-state index in [0.29, 0.717) is 12.1 Å². The lowest BCUT2D eigenvalue weighted by Gasteiger charge is -2.26. The van der Waals surface area contributed by atoms with Crippen LogP contribution in [0.4, 0.5) is 10.1 Å². The number of para-hydroxylation sites is 1. The first kappa shape index (κ1) is 23.3. The third-order valence-corrected chi connectivity index (χ3v) is 6.46. The number of anilines is 1. The second-order valence-corrected chi connectivity index (χ2v) is 9.44. The van der Waals surface area contributed by atoms with Gasteiger partial charge in [-0.1, -0.05) is 18.2 Å². The van der Waals surface area contributed by atoms with Crippen LogP contribution in [0.15, 0.2) is 24.3 Å². The summed E-state index contributed by atoms with van der Waals surface area (Å²) >= 11 is 12.1. The van der Waals surface area contributed by atoms with E-state index in [0.717, 1.165) is 0 Å². The summed E-state index contributed by atoms with van der Waals surface area (Å²) < 4.78 is 13.2. The van der Waals surface area contributed by atoms with Gasteiger partial charge in [-0.25, -0.2) is 4.39 Å². The minimum atomic E-state index is -1.31. The van der Waals surface area contributed by atoms with Gasteiger partial charge in [-0.15, -0.1) is 23.2 Å². The maximum atomic E-state index is 14.1. The lowest BCUT2D eigenvalue weighted by atomic mass is 10.1. The molecule has 0 bridgehead atoms. The number of amides is 3. The van der Waals surface area contributed by atoms with E-state index in [1.807, 2.05) is 0 Å². The molecule has 0 spiro atoms. The molecule has 3 rings (SSSR count). The Labute approximate surface area is 189 Å². The second-order valence-electron chi connectivity index (χ2n) is 7.90. The van der Waals surface area contributed by atoms with Crippen LogP contribution in [0.25, 0.3) is 0 Å². The first-order valence-corrected chi connectivity index (χ1v) is 10.6. The van der Waals surface area contributed by atoms with Gasteiger partial charge < -0.3 is 21.3 Å². The molecular formula is C20H24Cl2FN5O3. The molecule has 4 atom stereocenters. The molecule has 8 nitrogen and oxygen atoms in total. The Balaban J connectivity index is 1.63. The van der Waals surface area contributed by atoms with Gasteiger partial charge in [0, 0.05) is 29.6 Å². The Morgan fingerprint density at radius 1 is 1.35 bits per heavy atom. The predicted molar refractivity (Wildman–Crippen MR) is 116 cm³/mol. The molecule has 1 saturated heterocycles. The second kappa shape index (κ2) is 9.00. The van der Waals surface area contributed by atoms with Crippen molar-refractivity contribution >= 4 is 52.3 Å². The van der Waals surface area contributed by atoms with Gasteiger partial charge in [0.15, 0.2) is 0 Å². The lowest BCUT2D eigenvalue weighted by molar-refractivity contribution is -0.137. The molecule has 1 saturated carbocycles. The molecule has 1 aliphatic carbocycles. The molecule has 2 aliphatic rings. The highest BCUT2D eigenvalue weighted by atomic mass is 35.5. The summed E-state index contributed by atoms with van der Waals surface area (Å²) in [5.74, 6) is -1.93. The molecule has 1 aliphatic heterocycles. The summed E-state index contributed by atoms with van der Waals surface area (Å²) in [5.41, 5.74) is 5.37. The van der Waals surface area contributed by atoms with Crippen LogP contribution in [0.3, 0.4) is 0 Å². The van der Waals surface area contributed by atoms with Crippen LogP contribution < -0.4 is 16.4 Å². The van der Waals surface area contributed by atoms with Crippen LogP contribution in [0.5, 0.6) is 0 Å². The fourth-order valence-corrected chi connectivity index (χ4v) is 4.48. The van der Waals surface area contributed by atoms with E-state index in [1.165, 1.54) is 11.0 Å². The number of nitrogens with zero attached hydrogens (tertiary/aromatic N) is 1. The van der Waals surface area contributed by atoms with Crippen molar-refractivity contribution in [1.82, 2.24) is 10.2 Å². The highest BCUT2D eigenvalue weighted by Crippen LogP contribution is 2.54. The van der Waals surface area contributed by atoms with Crippen molar-refractivity contribution in [1.29, 1.82) is 5.41 Å². The number of carbonyl (C=O) groups is 3. The minimum absolute atomic E-state index is 0.0924. The third kappa shape index (κ3) is 5.27. The number of primary amides is 1. The number of alkyl halides is 3. The molecule has 11 heteroatoms. The maximum Gasteiger partial charge on any atom is 0.267 e. The van der Waals surface area contributed by atoms with Crippen LogP contribution in [0, 0.1) is 11.3 Å². The summed E-state index contributed by atoms with van der Waals surface area (Å²) in [6, 6.07) is 5.17. The Kier molecular flexibility index (Phi) is 6.76. The molecule has 0 radical (unpaired) electrons. The standard InChI is InChI=1S/C20H24Cl2FN5O3/c1-10(13-7-20(13,21)22)27-19(31)15-6-11(23)9-28(15)16(29)8-26-14-5-3-2-4-12(14)17(24)18(25)30/h2-5,10-11,13,15,24,26H,6-9H2,1H3,(H2,25,30)(H,27,31)/t10-,11-,13-,15+/m1/s1. The highest BCUT2D eigenvalue weighted by molar-refractivity contribution is 6.51. The normalized spacial score (nSPS) is 24.9. The van der Waals surface area contributed by atoms with E-state index in [1.54, 1.807) is 25.1 Å². The van der Waals surface area contributed by atoms with Crippen molar-refractivity contribution < 1.29 is 18.8 Å². The summed E-state index contributed by atoms with van der Waals surface area (Å²) in [7, 11) is 0. The Bertz CT molecular complexity index is 913. The molecule has 0 unspecified atom stereocenters. The Hall–Kier alpha value is -2.39. The van der Waals surface area contributed by atoms with Gasteiger partial charge in [0.1, 0.15) is 22.3 Å². The van der Waals surface area contributed by atoms with Crippen molar-refractivity contribution in [3.8, 4) is 0 Å². The number of hydrogen-bond donors (Lipinski definition) is 4. The topological polar surface area (TPSA) is 128 Å². The average Bonchev–Trinajstić information content (AvgIpc) is 3.17. The molecule has 2 fully saturated rings. The van der Waals surface area contributed by atoms with E-state index in [4.69, 9.17) is 34.3 Å². The molecule has 1 aromatic carbocycles. The predicted octanol–water partition coefficient (Wildman–Crippen LogP) is 1.59. The summed E-state index contributed by atoms with van der Waals surface area (Å²) in [5, 5.41) is 13.4. The molecule has 31 heavy (non-hydrogen) atoms. The SMILES string of the molecule is C[C@@H](NC(=O)[C@@H]1C[C@@H](F)CN1C(=O)CNc1ccccc1C(=N)C(N)=O)[C@H]1CC1(Cl)Cl. The number of hydrogen-bond acceptors (Lipinski definition) is 5. The minimum Gasteiger partial charge on any atom is -0.376 e. The number of likely N-dealkylation sites (tertiary alicyclic amines) is 1. The summed E-state index contributed by atoms with van der Waals surface area (Å²) in [6.07, 6.45) is -0.850. The first-order valence-electron chi connectivity index (χ1n) is 9.84. The zero-order valence-corrected chi connectivity index (χ0v) is 18.3. The van der Waals surface area contributed by atoms with Gasteiger partial charge in [-0.05, 0) is 19.4 Å². The third-order valence-electron chi connectivity index (χ3n) is 5.59. The van der Waals surface area contributed by atoms with Gasteiger partial charge in [0.25, 0.3) is 5.91 Å². The fourth-order valence-electron chi connectivity index (χ4n) is 3.77. The van der Waals surface area contributed by atoms with Crippen LogP contribution >= 0.6 is 23.2 Å². The van der Waals surface area contributed by atoms with E-state index in [9.17, 15) is 18.8 Å². The smallest absolute Gasteiger partial charge is 0.267 e. The van der Waals surface area contributed by atoms with Gasteiger partial charge >= 0.3 is 0 Å². The van der Waals surface area contributed by atoms with E-state index < -0.39 is 40.0 Å². The number of carbonyl (C=O) groups excluding carboxylic acids is 3. The summed E-state index contributed by atoms with van der Waals surface area (Å²) in [6.45, 7) is 1.34. The van der Waals surface area contributed by atoms with Gasteiger partial charge in [-0.2, -0.15) is 0 Å². The molecule has 168 valence electrons. The number of halogens is 3. The van der Waals surface area contributed by atoms with Crippen LogP contribution in [-0.4, -0.2) is 64.0 Å². The van der Waals surface area contributed by atoms with Crippen molar-refractivity contribution in [3.63, 3.8) is 0 Å². The van der Waals surface area contributed by atoms with Crippen molar-refractivity contribution in [2.75, 3.05) is 18.4 Å². The zero-order chi connectivity index (χ0) is 22.9. The number of nitrogens with one attached hydrogen (secondary N) is 3. The van der Waals surface area contributed by atoms with Crippen LogP contribution in [0.1, 0.15) is 25.3 Å². The largest absolute Gasteiger partial charge is 0.376 e. The molecular weight excluding hydrogens is 448 g/mol. The fraction of sp³-hybridized carbons (Fsp3) is 0.500. The van der Waals surface area contributed by atoms with Crippen LogP contribution in [0.2, 0.25) is 0 Å². The monoisotopic (exact) mass is 471 g/mol. The molecule has 5 N–H and O–H groups in total. The van der Waals surface area contributed by atoms with Gasteiger partial charge in [-0.3, -0.25) is 19.8 Å². The van der Waals surface area contributed by atoms with E-state index >= 15 is 0 Å². The van der Waals surface area contributed by atoms with Gasteiger partial charge in [0.05, 0.1) is 13.1 Å². The van der Waals surface area contributed by atoms with Crippen LogP contribution in [-0.2, 0) is 14.4 Å². The van der Waals surface area contributed by atoms with Gasteiger partial charge in [0.2, 0.25) is 11.8 Å². The molecule has 1 heterocycles.